The lowest BCUT2D eigenvalue weighted by Crippen LogP contribution is -2.08. The summed E-state index contributed by atoms with van der Waals surface area (Å²) in [7, 11) is 0. The maximum atomic E-state index is 12.5. The van der Waals surface area contributed by atoms with E-state index in [1.54, 1.807) is 0 Å². The van der Waals surface area contributed by atoms with E-state index in [1.165, 1.54) is 16.0 Å². The lowest BCUT2D eigenvalue weighted by molar-refractivity contribution is -0.136. The third kappa shape index (κ3) is 1.67. The summed E-state index contributed by atoms with van der Waals surface area (Å²) in [4.78, 5) is 0. The lowest BCUT2D eigenvalue weighted by atomic mass is 10.1. The number of nitrogens with two attached hydrogens (primary N) is 1. The Kier molecular flexibility index (Phi) is 2.14. The van der Waals surface area contributed by atoms with Crippen molar-refractivity contribution in [3.05, 3.63) is 23.9 Å². The van der Waals surface area contributed by atoms with Gasteiger partial charge in [0.25, 0.3) is 0 Å². The van der Waals surface area contributed by atoms with E-state index in [-0.39, 0.29) is 5.69 Å². The molecule has 0 aliphatic rings. The molecule has 0 atom stereocenters. The molecule has 1 heterocycles. The van der Waals surface area contributed by atoms with Crippen molar-refractivity contribution >= 4 is 32.7 Å². The summed E-state index contributed by atoms with van der Waals surface area (Å²) in [6, 6.07) is 2.22. The first kappa shape index (κ1) is 10.3. The zero-order valence-corrected chi connectivity index (χ0v) is 8.80. The van der Waals surface area contributed by atoms with Crippen LogP contribution in [-0.4, -0.2) is 8.81 Å². The van der Waals surface area contributed by atoms with E-state index in [4.69, 9.17) is 5.73 Å². The Balaban J connectivity index is 2.76. The third-order valence-corrected chi connectivity index (χ3v) is 2.57. The zero-order chi connectivity index (χ0) is 11.2. The van der Waals surface area contributed by atoms with Crippen molar-refractivity contribution in [1.29, 1.82) is 0 Å². The second-order valence-corrected chi connectivity index (χ2v) is 3.67. The minimum atomic E-state index is -4.45. The standard InChI is InChI=1S/C8H5BrF3N3/c9-15-7-2-5(8(10,11)12)6(13)1-4(7)3-14-15/h1-3H,13H2. The minimum Gasteiger partial charge on any atom is -0.398 e. The Labute approximate surface area is 91.0 Å². The Morgan fingerprint density at radius 1 is 1.33 bits per heavy atom. The van der Waals surface area contributed by atoms with Crippen molar-refractivity contribution < 1.29 is 13.2 Å². The number of anilines is 1. The monoisotopic (exact) mass is 279 g/mol. The van der Waals surface area contributed by atoms with Crippen LogP contribution in [0.5, 0.6) is 0 Å². The molecule has 15 heavy (non-hydrogen) atoms. The molecule has 3 nitrogen and oxygen atoms in total. The van der Waals surface area contributed by atoms with Crippen LogP contribution < -0.4 is 5.73 Å². The van der Waals surface area contributed by atoms with Crippen LogP contribution in [0.3, 0.4) is 0 Å². The van der Waals surface area contributed by atoms with Crippen molar-refractivity contribution in [1.82, 2.24) is 8.81 Å². The molecule has 0 amide bonds. The highest BCUT2D eigenvalue weighted by Gasteiger charge is 2.33. The summed E-state index contributed by atoms with van der Waals surface area (Å²) in [6.45, 7) is 0. The molecule has 2 rings (SSSR count). The number of fused-ring (bicyclic) bond motifs is 1. The minimum absolute atomic E-state index is 0.296. The Morgan fingerprint density at radius 2 is 2.00 bits per heavy atom. The average molecular weight is 280 g/mol. The zero-order valence-electron chi connectivity index (χ0n) is 7.22. The van der Waals surface area contributed by atoms with Gasteiger partial charge in [-0.3, -0.25) is 0 Å². The molecular formula is C8H5BrF3N3. The molecule has 0 saturated heterocycles. The Hall–Kier alpha value is -1.24. The van der Waals surface area contributed by atoms with Crippen molar-refractivity contribution in [3.63, 3.8) is 0 Å². The van der Waals surface area contributed by atoms with Gasteiger partial charge in [-0.15, -0.1) is 0 Å². The number of aromatic nitrogens is 2. The molecule has 1 aromatic heterocycles. The molecule has 7 heteroatoms. The van der Waals surface area contributed by atoms with Gasteiger partial charge < -0.3 is 5.73 Å². The van der Waals surface area contributed by atoms with Crippen molar-refractivity contribution in [2.24, 2.45) is 0 Å². The number of hydrogen-bond acceptors (Lipinski definition) is 2. The van der Waals surface area contributed by atoms with Crippen LogP contribution in [0.25, 0.3) is 10.9 Å². The van der Waals surface area contributed by atoms with Gasteiger partial charge in [-0.05, 0) is 12.1 Å². The average Bonchev–Trinajstić information content (AvgIpc) is 2.44. The van der Waals surface area contributed by atoms with Gasteiger partial charge in [-0.1, -0.05) is 0 Å². The topological polar surface area (TPSA) is 43.8 Å². The number of rotatable bonds is 0. The van der Waals surface area contributed by atoms with Crippen LogP contribution in [0.2, 0.25) is 0 Å². The van der Waals surface area contributed by atoms with Crippen LogP contribution in [0.4, 0.5) is 18.9 Å². The maximum Gasteiger partial charge on any atom is 0.418 e. The van der Waals surface area contributed by atoms with Crippen LogP contribution in [0, 0.1) is 0 Å². The largest absolute Gasteiger partial charge is 0.418 e. The molecule has 0 aliphatic heterocycles. The van der Waals surface area contributed by atoms with E-state index in [2.05, 4.69) is 21.2 Å². The summed E-state index contributed by atoms with van der Waals surface area (Å²) in [5, 5.41) is 4.32. The first-order chi connectivity index (χ1) is 6.89. The first-order valence-corrected chi connectivity index (χ1v) is 4.61. The summed E-state index contributed by atoms with van der Waals surface area (Å²) in [6.07, 6.45) is -3.02. The molecule has 0 bridgehead atoms. The number of alkyl halides is 3. The van der Waals surface area contributed by atoms with Gasteiger partial charge >= 0.3 is 6.18 Å². The quantitative estimate of drug-likeness (QED) is 0.754. The van der Waals surface area contributed by atoms with Gasteiger partial charge in [0, 0.05) is 11.1 Å². The van der Waals surface area contributed by atoms with E-state index in [9.17, 15) is 13.2 Å². The van der Waals surface area contributed by atoms with Crippen LogP contribution >= 0.6 is 16.1 Å². The molecule has 0 unspecified atom stereocenters. The number of hydrogen-bond donors (Lipinski definition) is 1. The highest BCUT2D eigenvalue weighted by Crippen LogP contribution is 2.36. The summed E-state index contributed by atoms with van der Waals surface area (Å²) in [5.41, 5.74) is 4.49. The fourth-order valence-electron chi connectivity index (χ4n) is 1.31. The normalized spacial score (nSPS) is 12.3. The second kappa shape index (κ2) is 3.13. The molecule has 2 N–H and O–H groups in total. The Morgan fingerprint density at radius 3 is 2.60 bits per heavy atom. The third-order valence-electron chi connectivity index (χ3n) is 2.00. The second-order valence-electron chi connectivity index (χ2n) is 3.00. The molecule has 0 fully saturated rings. The van der Waals surface area contributed by atoms with Gasteiger partial charge in [0.1, 0.15) is 0 Å². The fraction of sp³-hybridized carbons (Fsp3) is 0.125. The van der Waals surface area contributed by atoms with Crippen molar-refractivity contribution in [2.45, 2.75) is 6.18 Å². The van der Waals surface area contributed by atoms with E-state index < -0.39 is 11.7 Å². The number of nitrogen functional groups attached to an aromatic ring is 1. The van der Waals surface area contributed by atoms with Crippen molar-refractivity contribution in [3.8, 4) is 0 Å². The predicted molar refractivity (Wildman–Crippen MR) is 53.5 cm³/mol. The number of halogens is 4. The summed E-state index contributed by atoms with van der Waals surface area (Å²) < 4.78 is 38.7. The molecule has 2 aromatic rings. The molecule has 80 valence electrons. The molecule has 0 aliphatic carbocycles. The van der Waals surface area contributed by atoms with Gasteiger partial charge in [0.2, 0.25) is 0 Å². The van der Waals surface area contributed by atoms with E-state index >= 15 is 0 Å². The fourth-order valence-corrected chi connectivity index (χ4v) is 1.71. The molecule has 0 saturated carbocycles. The molecule has 0 radical (unpaired) electrons. The van der Waals surface area contributed by atoms with Gasteiger partial charge in [0.05, 0.1) is 33.4 Å². The van der Waals surface area contributed by atoms with Crippen LogP contribution in [0.15, 0.2) is 18.3 Å². The maximum absolute atomic E-state index is 12.5. The lowest BCUT2D eigenvalue weighted by Gasteiger charge is -2.09. The Bertz CT molecular complexity index is 518. The predicted octanol–water partition coefficient (Wildman–Crippen LogP) is 2.80. The SMILES string of the molecule is Nc1cc2cnn(Br)c2cc1C(F)(F)F. The number of nitrogens with zero attached hydrogens (tertiary/aromatic N) is 2. The summed E-state index contributed by atoms with van der Waals surface area (Å²) in [5.74, 6) is 0. The molecule has 0 spiro atoms. The van der Waals surface area contributed by atoms with Crippen molar-refractivity contribution in [2.75, 3.05) is 5.73 Å². The van der Waals surface area contributed by atoms with E-state index in [0.29, 0.717) is 10.9 Å². The molecule has 1 aromatic carbocycles. The highest BCUT2D eigenvalue weighted by atomic mass is 79.9. The van der Waals surface area contributed by atoms with E-state index in [0.717, 1.165) is 6.07 Å². The van der Waals surface area contributed by atoms with Gasteiger partial charge in [-0.25, -0.2) is 0 Å². The molecular weight excluding hydrogens is 275 g/mol. The first-order valence-electron chi connectivity index (χ1n) is 3.90. The summed E-state index contributed by atoms with van der Waals surface area (Å²) >= 11 is 2.99. The van der Waals surface area contributed by atoms with Crippen LogP contribution in [-0.2, 0) is 6.18 Å². The smallest absolute Gasteiger partial charge is 0.398 e. The van der Waals surface area contributed by atoms with Gasteiger partial charge in [0.15, 0.2) is 0 Å². The van der Waals surface area contributed by atoms with E-state index in [1.807, 2.05) is 0 Å². The van der Waals surface area contributed by atoms with Crippen LogP contribution in [0.1, 0.15) is 5.56 Å². The number of benzene rings is 1. The highest BCUT2D eigenvalue weighted by molar-refractivity contribution is 9.08. The van der Waals surface area contributed by atoms with Gasteiger partial charge in [-0.2, -0.15) is 22.0 Å².